The third-order valence-corrected chi connectivity index (χ3v) is 6.52. The molecule has 0 amide bonds. The van der Waals surface area contributed by atoms with E-state index >= 15 is 0 Å². The molecule has 0 aromatic carbocycles. The van der Waals surface area contributed by atoms with E-state index in [1.165, 1.54) is 89.9 Å². The number of hydrogen-bond donors (Lipinski definition) is 0. The zero-order valence-electron chi connectivity index (χ0n) is 16.5. The smallest absolute Gasteiger partial charge is 0.0908 e. The molecule has 0 spiro atoms. The monoisotopic (exact) mass is 341 g/mol. The highest BCUT2D eigenvalue weighted by atomic mass is 14.3. The van der Waals surface area contributed by atoms with Crippen LogP contribution in [-0.2, 0) is 0 Å². The van der Waals surface area contributed by atoms with E-state index in [9.17, 15) is 0 Å². The highest BCUT2D eigenvalue weighted by Gasteiger charge is 2.21. The lowest BCUT2D eigenvalue weighted by atomic mass is 9.78. The Kier molecular flexibility index (Phi) is 10.0. The van der Waals surface area contributed by atoms with Gasteiger partial charge in [0.1, 0.15) is 0 Å². The lowest BCUT2D eigenvalue weighted by Crippen LogP contribution is -2.14. The number of rotatable bonds is 9. The van der Waals surface area contributed by atoms with Crippen molar-refractivity contribution in [2.24, 2.45) is 23.7 Å². The Balaban J connectivity index is 1.57. The molecule has 0 saturated heterocycles. The Morgan fingerprint density at radius 3 is 1.80 bits per heavy atom. The highest BCUT2D eigenvalue weighted by Crippen LogP contribution is 2.35. The molecule has 2 fully saturated rings. The summed E-state index contributed by atoms with van der Waals surface area (Å²) < 4.78 is 0. The quantitative estimate of drug-likeness (QED) is 0.241. The molecule has 2 aliphatic carbocycles. The van der Waals surface area contributed by atoms with Gasteiger partial charge in [-0.3, -0.25) is 0 Å². The van der Waals surface area contributed by atoms with Gasteiger partial charge in [-0.15, -0.1) is 0 Å². The van der Waals surface area contributed by atoms with Crippen molar-refractivity contribution in [1.29, 1.82) is 5.26 Å². The van der Waals surface area contributed by atoms with Crippen LogP contribution in [0.1, 0.15) is 96.8 Å². The second-order valence-corrected chi connectivity index (χ2v) is 8.53. The first-order valence-corrected chi connectivity index (χ1v) is 11.1. The summed E-state index contributed by atoms with van der Waals surface area (Å²) >= 11 is 0. The summed E-state index contributed by atoms with van der Waals surface area (Å²) in [6, 6.07) is 2.12. The van der Waals surface area contributed by atoms with Crippen LogP contribution in [0.25, 0.3) is 0 Å². The molecule has 2 aliphatic rings. The molecule has 1 nitrogen and oxygen atoms in total. The number of allylic oxidation sites excluding steroid dienone is 4. The van der Waals surface area contributed by atoms with Crippen LogP contribution in [0.3, 0.4) is 0 Å². The van der Waals surface area contributed by atoms with Crippen LogP contribution in [0.5, 0.6) is 0 Å². The summed E-state index contributed by atoms with van der Waals surface area (Å²) in [5.74, 6) is 3.32. The average molecular weight is 342 g/mol. The molecule has 0 aliphatic heterocycles. The topological polar surface area (TPSA) is 23.8 Å². The SMILES string of the molecule is CCCCCCC[C@H]1CC[C@H](/C=C/C2CCC(C=CC#N)CC2)CC1. The van der Waals surface area contributed by atoms with Gasteiger partial charge in [-0.2, -0.15) is 5.26 Å². The van der Waals surface area contributed by atoms with E-state index in [1.54, 1.807) is 6.08 Å². The summed E-state index contributed by atoms with van der Waals surface area (Å²) in [6.45, 7) is 2.30. The van der Waals surface area contributed by atoms with Crippen molar-refractivity contribution in [2.75, 3.05) is 0 Å². The molecule has 2 saturated carbocycles. The van der Waals surface area contributed by atoms with Crippen LogP contribution in [0.15, 0.2) is 24.3 Å². The molecular formula is C24H39N. The van der Waals surface area contributed by atoms with E-state index in [2.05, 4.69) is 31.2 Å². The highest BCUT2D eigenvalue weighted by molar-refractivity contribution is 5.05. The Morgan fingerprint density at radius 2 is 1.24 bits per heavy atom. The third kappa shape index (κ3) is 8.26. The van der Waals surface area contributed by atoms with Gasteiger partial charge in [-0.05, 0) is 75.0 Å². The van der Waals surface area contributed by atoms with Crippen molar-refractivity contribution in [2.45, 2.75) is 96.8 Å². The van der Waals surface area contributed by atoms with E-state index in [0.717, 1.165) is 17.8 Å². The van der Waals surface area contributed by atoms with Crippen LogP contribution in [0, 0.1) is 35.0 Å². The zero-order valence-corrected chi connectivity index (χ0v) is 16.5. The average Bonchev–Trinajstić information content (AvgIpc) is 2.66. The fourth-order valence-corrected chi connectivity index (χ4v) is 4.73. The number of nitrogens with zero attached hydrogens (tertiary/aromatic N) is 1. The van der Waals surface area contributed by atoms with Crippen molar-refractivity contribution in [3.63, 3.8) is 0 Å². The Bertz CT molecular complexity index is 426. The van der Waals surface area contributed by atoms with E-state index in [1.807, 2.05) is 0 Å². The Morgan fingerprint density at radius 1 is 0.720 bits per heavy atom. The molecule has 0 atom stereocenters. The van der Waals surface area contributed by atoms with Crippen LogP contribution in [0.2, 0.25) is 0 Å². The minimum Gasteiger partial charge on any atom is -0.193 e. The van der Waals surface area contributed by atoms with Crippen molar-refractivity contribution in [3.8, 4) is 6.07 Å². The van der Waals surface area contributed by atoms with Gasteiger partial charge in [0.15, 0.2) is 0 Å². The van der Waals surface area contributed by atoms with Crippen LogP contribution < -0.4 is 0 Å². The standard InChI is InChI=1S/C24H39N/c1-2-3-4-5-6-8-21-10-14-23(15-11-21)18-19-24-16-12-22(13-17-24)9-7-20-25/h7,9,18-19,21-24H,2-6,8,10-17H2,1H3/b9-7?,19-18+/t21-,22?,23-,24?. The number of unbranched alkanes of at least 4 members (excludes halogenated alkanes) is 4. The lowest BCUT2D eigenvalue weighted by molar-refractivity contribution is 0.287. The Hall–Kier alpha value is -1.03. The first-order valence-electron chi connectivity index (χ1n) is 11.1. The van der Waals surface area contributed by atoms with Crippen molar-refractivity contribution < 1.29 is 0 Å². The number of nitriles is 1. The fraction of sp³-hybridized carbons (Fsp3) is 0.792. The lowest BCUT2D eigenvalue weighted by Gasteiger charge is -2.28. The van der Waals surface area contributed by atoms with Crippen molar-refractivity contribution in [3.05, 3.63) is 24.3 Å². The van der Waals surface area contributed by atoms with E-state index in [-0.39, 0.29) is 0 Å². The summed E-state index contributed by atoms with van der Waals surface area (Å²) in [4.78, 5) is 0. The van der Waals surface area contributed by atoms with Crippen LogP contribution in [-0.4, -0.2) is 0 Å². The molecular weight excluding hydrogens is 302 g/mol. The molecule has 140 valence electrons. The summed E-state index contributed by atoms with van der Waals surface area (Å²) in [5.41, 5.74) is 0. The van der Waals surface area contributed by atoms with Gasteiger partial charge < -0.3 is 0 Å². The minimum atomic E-state index is 0.650. The maximum Gasteiger partial charge on any atom is 0.0908 e. The van der Waals surface area contributed by atoms with Crippen molar-refractivity contribution >= 4 is 0 Å². The normalized spacial score (nSPS) is 30.7. The number of hydrogen-bond acceptors (Lipinski definition) is 1. The molecule has 2 rings (SSSR count). The predicted molar refractivity (Wildman–Crippen MR) is 108 cm³/mol. The molecule has 0 radical (unpaired) electrons. The molecule has 0 aromatic heterocycles. The largest absolute Gasteiger partial charge is 0.193 e. The zero-order chi connectivity index (χ0) is 17.7. The fourth-order valence-electron chi connectivity index (χ4n) is 4.73. The molecule has 0 aromatic rings. The summed E-state index contributed by atoms with van der Waals surface area (Å²) in [7, 11) is 0. The summed E-state index contributed by atoms with van der Waals surface area (Å²) in [5, 5.41) is 8.63. The molecule has 0 N–H and O–H groups in total. The second-order valence-electron chi connectivity index (χ2n) is 8.53. The second kappa shape index (κ2) is 12.3. The maximum atomic E-state index is 8.63. The molecule has 25 heavy (non-hydrogen) atoms. The predicted octanol–water partition coefficient (Wildman–Crippen LogP) is 7.60. The Labute approximate surface area is 156 Å². The third-order valence-electron chi connectivity index (χ3n) is 6.52. The first-order chi connectivity index (χ1) is 12.3. The maximum absolute atomic E-state index is 8.63. The summed E-state index contributed by atoms with van der Waals surface area (Å²) in [6.07, 6.45) is 28.5. The van der Waals surface area contributed by atoms with E-state index in [4.69, 9.17) is 5.26 Å². The van der Waals surface area contributed by atoms with Gasteiger partial charge >= 0.3 is 0 Å². The molecule has 0 unspecified atom stereocenters. The molecule has 0 bridgehead atoms. The van der Waals surface area contributed by atoms with Gasteiger partial charge in [0.05, 0.1) is 6.07 Å². The molecule has 1 heteroatoms. The molecule has 0 heterocycles. The van der Waals surface area contributed by atoms with E-state index in [0.29, 0.717) is 5.92 Å². The van der Waals surface area contributed by atoms with Gasteiger partial charge in [-0.1, -0.05) is 63.7 Å². The van der Waals surface area contributed by atoms with Gasteiger partial charge in [-0.25, -0.2) is 0 Å². The van der Waals surface area contributed by atoms with Crippen molar-refractivity contribution in [1.82, 2.24) is 0 Å². The van der Waals surface area contributed by atoms with Gasteiger partial charge in [0.2, 0.25) is 0 Å². The van der Waals surface area contributed by atoms with E-state index < -0.39 is 0 Å². The minimum absolute atomic E-state index is 0.650. The van der Waals surface area contributed by atoms with Gasteiger partial charge in [0, 0.05) is 6.08 Å². The van der Waals surface area contributed by atoms with Crippen LogP contribution >= 0.6 is 0 Å². The first kappa shape index (κ1) is 20.3. The van der Waals surface area contributed by atoms with Crippen LogP contribution in [0.4, 0.5) is 0 Å². The van der Waals surface area contributed by atoms with Gasteiger partial charge in [0.25, 0.3) is 0 Å².